The minimum atomic E-state index is -1.14. The van der Waals surface area contributed by atoms with Crippen LogP contribution in [0.4, 0.5) is 11.4 Å². The van der Waals surface area contributed by atoms with E-state index < -0.39 is 28.8 Å². The molecule has 2 rings (SSSR count). The average molecular weight is 424 g/mol. The molecule has 0 bridgehead atoms. The molecular weight excluding hydrogens is 406 g/mol. The van der Waals surface area contributed by atoms with Gasteiger partial charge in [-0.15, -0.1) is 0 Å². The Morgan fingerprint density at radius 2 is 2.07 bits per heavy atom. The molecule has 2 amide bonds. The number of ether oxygens (including phenoxy) is 1. The summed E-state index contributed by atoms with van der Waals surface area (Å²) in [6.07, 6.45) is 0.513. The van der Waals surface area contributed by atoms with Crippen molar-refractivity contribution >= 4 is 40.8 Å². The van der Waals surface area contributed by atoms with Crippen molar-refractivity contribution < 1.29 is 28.5 Å². The standard InChI is InChI=1S/C18H18ClN3O7/c1-11(17(24)21-14-10-12(22(26)27)6-7-13(14)19)29-16(23)5-2-8-20-18(25)15-4-3-9-28-15/h3-4,6-7,9-11H,2,5,8H2,1H3,(H,20,25)(H,21,24). The molecule has 1 aromatic carbocycles. The summed E-state index contributed by atoms with van der Waals surface area (Å²) in [6, 6.07) is 6.68. The van der Waals surface area contributed by atoms with Crippen molar-refractivity contribution in [2.45, 2.75) is 25.9 Å². The largest absolute Gasteiger partial charge is 0.459 e. The van der Waals surface area contributed by atoms with Crippen LogP contribution < -0.4 is 10.6 Å². The van der Waals surface area contributed by atoms with Crippen LogP contribution in [0.3, 0.4) is 0 Å². The maximum Gasteiger partial charge on any atom is 0.306 e. The van der Waals surface area contributed by atoms with Crippen molar-refractivity contribution in [3.8, 4) is 0 Å². The van der Waals surface area contributed by atoms with Crippen LogP contribution in [-0.2, 0) is 14.3 Å². The minimum absolute atomic E-state index is 0.0202. The Morgan fingerprint density at radius 3 is 2.72 bits per heavy atom. The number of amides is 2. The Balaban J connectivity index is 1.76. The van der Waals surface area contributed by atoms with Crippen molar-refractivity contribution in [2.24, 2.45) is 0 Å². The molecule has 10 nitrogen and oxygen atoms in total. The van der Waals surface area contributed by atoms with Gasteiger partial charge in [0.15, 0.2) is 11.9 Å². The van der Waals surface area contributed by atoms with E-state index in [1.54, 1.807) is 6.07 Å². The molecule has 11 heteroatoms. The Hall–Kier alpha value is -3.40. The lowest BCUT2D eigenvalue weighted by molar-refractivity contribution is -0.384. The van der Waals surface area contributed by atoms with E-state index in [0.29, 0.717) is 6.42 Å². The lowest BCUT2D eigenvalue weighted by Crippen LogP contribution is -2.30. The van der Waals surface area contributed by atoms with Gasteiger partial charge in [0.25, 0.3) is 17.5 Å². The number of non-ortho nitro benzene ring substituents is 1. The molecule has 1 atom stereocenters. The van der Waals surface area contributed by atoms with Crippen LogP contribution >= 0.6 is 11.6 Å². The van der Waals surface area contributed by atoms with Gasteiger partial charge < -0.3 is 19.8 Å². The number of halogens is 1. The highest BCUT2D eigenvalue weighted by atomic mass is 35.5. The van der Waals surface area contributed by atoms with E-state index >= 15 is 0 Å². The number of rotatable bonds is 9. The Labute approximate surface area is 170 Å². The minimum Gasteiger partial charge on any atom is -0.459 e. The SMILES string of the molecule is CC(OC(=O)CCCNC(=O)c1ccco1)C(=O)Nc1cc([N+](=O)[O-])ccc1Cl. The molecule has 2 N–H and O–H groups in total. The van der Waals surface area contributed by atoms with Crippen LogP contribution in [0.5, 0.6) is 0 Å². The summed E-state index contributed by atoms with van der Waals surface area (Å²) >= 11 is 5.92. The van der Waals surface area contributed by atoms with E-state index in [4.69, 9.17) is 20.8 Å². The lowest BCUT2D eigenvalue weighted by Gasteiger charge is -2.14. The first kappa shape index (κ1) is 21.9. The maximum absolute atomic E-state index is 12.1. The second-order valence-corrected chi connectivity index (χ2v) is 6.29. The molecule has 0 aliphatic carbocycles. The molecule has 0 aliphatic rings. The molecule has 0 radical (unpaired) electrons. The second-order valence-electron chi connectivity index (χ2n) is 5.88. The summed E-state index contributed by atoms with van der Waals surface area (Å²) in [5, 5.41) is 15.9. The van der Waals surface area contributed by atoms with Crippen LogP contribution in [0.2, 0.25) is 5.02 Å². The highest BCUT2D eigenvalue weighted by molar-refractivity contribution is 6.33. The normalized spacial score (nSPS) is 11.4. The number of benzene rings is 1. The fourth-order valence-electron chi connectivity index (χ4n) is 2.20. The number of anilines is 1. The van der Waals surface area contributed by atoms with Crippen LogP contribution in [0.15, 0.2) is 41.0 Å². The summed E-state index contributed by atoms with van der Waals surface area (Å²) in [6.45, 7) is 1.58. The summed E-state index contributed by atoms with van der Waals surface area (Å²) in [4.78, 5) is 45.8. The van der Waals surface area contributed by atoms with Crippen LogP contribution in [0.1, 0.15) is 30.3 Å². The van der Waals surface area contributed by atoms with Gasteiger partial charge in [-0.3, -0.25) is 24.5 Å². The number of hydrogen-bond acceptors (Lipinski definition) is 7. The third-order valence-electron chi connectivity index (χ3n) is 3.68. The zero-order chi connectivity index (χ0) is 21.4. The van der Waals surface area contributed by atoms with E-state index in [0.717, 1.165) is 6.07 Å². The van der Waals surface area contributed by atoms with E-state index in [-0.39, 0.29) is 35.1 Å². The van der Waals surface area contributed by atoms with Gasteiger partial charge in [0.2, 0.25) is 0 Å². The number of nitro groups is 1. The van der Waals surface area contributed by atoms with E-state index in [2.05, 4.69) is 10.6 Å². The number of esters is 1. The summed E-state index contributed by atoms with van der Waals surface area (Å²) in [5.41, 5.74) is -0.208. The molecule has 1 unspecified atom stereocenters. The quantitative estimate of drug-likeness (QED) is 0.273. The first-order valence-corrected chi connectivity index (χ1v) is 8.91. The summed E-state index contributed by atoms with van der Waals surface area (Å²) < 4.78 is 9.96. The summed E-state index contributed by atoms with van der Waals surface area (Å²) in [7, 11) is 0. The van der Waals surface area contributed by atoms with Gasteiger partial charge in [0, 0.05) is 25.1 Å². The maximum atomic E-state index is 12.1. The predicted molar refractivity (Wildman–Crippen MR) is 103 cm³/mol. The highest BCUT2D eigenvalue weighted by Crippen LogP contribution is 2.26. The Bertz CT molecular complexity index is 899. The molecule has 29 heavy (non-hydrogen) atoms. The Morgan fingerprint density at radius 1 is 1.31 bits per heavy atom. The number of hydrogen-bond donors (Lipinski definition) is 2. The van der Waals surface area contributed by atoms with Crippen LogP contribution in [0, 0.1) is 10.1 Å². The lowest BCUT2D eigenvalue weighted by atomic mass is 10.2. The predicted octanol–water partition coefficient (Wildman–Crippen LogP) is 2.92. The average Bonchev–Trinajstić information content (AvgIpc) is 3.21. The van der Waals surface area contributed by atoms with Gasteiger partial charge in [-0.1, -0.05) is 11.6 Å². The van der Waals surface area contributed by atoms with Gasteiger partial charge in [-0.25, -0.2) is 0 Å². The smallest absolute Gasteiger partial charge is 0.306 e. The van der Waals surface area contributed by atoms with Gasteiger partial charge in [-0.2, -0.15) is 0 Å². The fraction of sp³-hybridized carbons (Fsp3) is 0.278. The summed E-state index contributed by atoms with van der Waals surface area (Å²) in [5.74, 6) is -1.56. The molecule has 0 saturated carbocycles. The second kappa shape index (κ2) is 10.2. The fourth-order valence-corrected chi connectivity index (χ4v) is 2.36. The van der Waals surface area contributed by atoms with Crippen LogP contribution in [-0.4, -0.2) is 35.4 Å². The molecule has 0 saturated heterocycles. The van der Waals surface area contributed by atoms with Gasteiger partial charge in [0.1, 0.15) is 0 Å². The number of nitrogens with one attached hydrogen (secondary N) is 2. The molecular formula is C18H18ClN3O7. The number of nitro benzene ring substituents is 1. The molecule has 1 aromatic heterocycles. The van der Waals surface area contributed by atoms with E-state index in [9.17, 15) is 24.5 Å². The monoisotopic (exact) mass is 423 g/mol. The van der Waals surface area contributed by atoms with Crippen LogP contribution in [0.25, 0.3) is 0 Å². The van der Waals surface area contributed by atoms with E-state index in [1.807, 2.05) is 0 Å². The van der Waals surface area contributed by atoms with Gasteiger partial charge >= 0.3 is 5.97 Å². The number of furan rings is 1. The van der Waals surface area contributed by atoms with Crippen molar-refractivity contribution in [2.75, 3.05) is 11.9 Å². The van der Waals surface area contributed by atoms with Gasteiger partial charge in [-0.05, 0) is 31.5 Å². The molecule has 0 aliphatic heterocycles. The molecule has 2 aromatic rings. The highest BCUT2D eigenvalue weighted by Gasteiger charge is 2.20. The first-order valence-electron chi connectivity index (χ1n) is 8.54. The molecule has 0 fully saturated rings. The number of carbonyl (C=O) groups excluding carboxylic acids is 3. The van der Waals surface area contributed by atoms with E-state index in [1.165, 1.54) is 31.4 Å². The molecule has 154 valence electrons. The number of nitrogens with zero attached hydrogens (tertiary/aromatic N) is 1. The first-order chi connectivity index (χ1) is 13.8. The van der Waals surface area contributed by atoms with Gasteiger partial charge in [0.05, 0.1) is 21.9 Å². The Kier molecular flexibility index (Phi) is 7.72. The van der Waals surface area contributed by atoms with Crippen molar-refractivity contribution in [3.63, 3.8) is 0 Å². The zero-order valence-electron chi connectivity index (χ0n) is 15.3. The third-order valence-corrected chi connectivity index (χ3v) is 4.01. The third kappa shape index (κ3) is 6.61. The van der Waals surface area contributed by atoms with Crippen molar-refractivity contribution in [3.05, 3.63) is 57.5 Å². The molecule has 1 heterocycles. The number of carbonyl (C=O) groups is 3. The van der Waals surface area contributed by atoms with Crippen molar-refractivity contribution in [1.82, 2.24) is 5.32 Å². The topological polar surface area (TPSA) is 141 Å². The molecule has 0 spiro atoms. The zero-order valence-corrected chi connectivity index (χ0v) is 16.1. The van der Waals surface area contributed by atoms with Crippen molar-refractivity contribution in [1.29, 1.82) is 0 Å².